The minimum atomic E-state index is -0.704. The van der Waals surface area contributed by atoms with Gasteiger partial charge in [0.2, 0.25) is 0 Å². The highest BCUT2D eigenvalue weighted by atomic mass is 35.5. The van der Waals surface area contributed by atoms with E-state index in [2.05, 4.69) is 0 Å². The van der Waals surface area contributed by atoms with Crippen molar-refractivity contribution in [1.82, 2.24) is 9.55 Å². The molecule has 30 heavy (non-hydrogen) atoms. The van der Waals surface area contributed by atoms with Crippen molar-refractivity contribution >= 4 is 29.2 Å². The molecule has 0 aliphatic carbocycles. The number of carbonyl (C=O) groups excluding carboxylic acids is 1. The summed E-state index contributed by atoms with van der Waals surface area (Å²) < 4.78 is 13.6. The Balaban J connectivity index is 0.00000256. The van der Waals surface area contributed by atoms with E-state index < -0.39 is 6.10 Å². The first-order valence-electron chi connectivity index (χ1n) is 10.2. The zero-order valence-corrected chi connectivity index (χ0v) is 17.8. The molecule has 2 unspecified atom stereocenters. The van der Waals surface area contributed by atoms with Gasteiger partial charge in [0.25, 0.3) is 0 Å². The molecule has 1 aliphatic heterocycles. The van der Waals surface area contributed by atoms with Gasteiger partial charge in [-0.2, -0.15) is 0 Å². The highest BCUT2D eigenvalue weighted by molar-refractivity contribution is 5.95. The number of hydrogen-bond acceptors (Lipinski definition) is 5. The molecule has 1 N–H and O–H groups in total. The SMILES string of the molecule is CCC(=O)c1ccc(OCC(O)Cn2c(C3CCCO3)nc3ccccc32)cc1.Cl. The highest BCUT2D eigenvalue weighted by Crippen LogP contribution is 2.30. The number of hydrogen-bond donors (Lipinski definition) is 1. The van der Waals surface area contributed by atoms with Crippen LogP contribution in [0.4, 0.5) is 0 Å². The number of ketones is 1. The third-order valence-corrected chi connectivity index (χ3v) is 5.23. The molecule has 0 amide bonds. The number of aliphatic hydroxyl groups excluding tert-OH is 1. The maximum atomic E-state index is 11.7. The molecule has 160 valence electrons. The molecule has 0 bridgehead atoms. The minimum absolute atomic E-state index is 0. The minimum Gasteiger partial charge on any atom is -0.491 e. The molecule has 1 saturated heterocycles. The second kappa shape index (κ2) is 10.1. The van der Waals surface area contributed by atoms with Crippen molar-refractivity contribution in [2.24, 2.45) is 0 Å². The van der Waals surface area contributed by atoms with Crippen LogP contribution >= 0.6 is 12.4 Å². The van der Waals surface area contributed by atoms with Gasteiger partial charge in [0, 0.05) is 18.6 Å². The van der Waals surface area contributed by atoms with E-state index in [9.17, 15) is 9.90 Å². The van der Waals surface area contributed by atoms with Crippen molar-refractivity contribution in [3.8, 4) is 5.75 Å². The Bertz CT molecular complexity index is 981. The van der Waals surface area contributed by atoms with Crippen LogP contribution in [-0.4, -0.2) is 39.8 Å². The van der Waals surface area contributed by atoms with Crippen molar-refractivity contribution in [2.45, 2.75) is 44.9 Å². The highest BCUT2D eigenvalue weighted by Gasteiger charge is 2.25. The van der Waals surface area contributed by atoms with Crippen LogP contribution in [0.15, 0.2) is 48.5 Å². The molecule has 2 aromatic carbocycles. The van der Waals surface area contributed by atoms with Crippen LogP contribution in [0.25, 0.3) is 11.0 Å². The first-order valence-corrected chi connectivity index (χ1v) is 10.2. The van der Waals surface area contributed by atoms with E-state index in [0.717, 1.165) is 36.3 Å². The molecule has 3 aromatic rings. The zero-order chi connectivity index (χ0) is 20.2. The van der Waals surface area contributed by atoms with Crippen LogP contribution < -0.4 is 4.74 Å². The Labute approximate surface area is 182 Å². The predicted molar refractivity (Wildman–Crippen MR) is 117 cm³/mol. The summed E-state index contributed by atoms with van der Waals surface area (Å²) in [5, 5.41) is 10.6. The first-order chi connectivity index (χ1) is 14.2. The quantitative estimate of drug-likeness (QED) is 0.538. The second-order valence-electron chi connectivity index (χ2n) is 7.34. The summed E-state index contributed by atoms with van der Waals surface area (Å²) >= 11 is 0. The van der Waals surface area contributed by atoms with E-state index in [1.54, 1.807) is 24.3 Å². The summed E-state index contributed by atoms with van der Waals surface area (Å²) in [5.74, 6) is 1.60. The summed E-state index contributed by atoms with van der Waals surface area (Å²) in [6, 6.07) is 15.0. The lowest BCUT2D eigenvalue weighted by Crippen LogP contribution is -2.25. The molecule has 2 atom stereocenters. The molecule has 1 fully saturated rings. The molecule has 0 saturated carbocycles. The molecule has 0 radical (unpaired) electrons. The maximum Gasteiger partial charge on any atom is 0.162 e. The van der Waals surface area contributed by atoms with E-state index in [0.29, 0.717) is 24.3 Å². The molecule has 2 heterocycles. The van der Waals surface area contributed by atoms with Crippen LogP contribution in [0.1, 0.15) is 48.5 Å². The Morgan fingerprint density at radius 1 is 1.27 bits per heavy atom. The van der Waals surface area contributed by atoms with Gasteiger partial charge in [-0.25, -0.2) is 4.98 Å². The number of carbonyl (C=O) groups is 1. The number of Topliss-reactive ketones (excluding diaryl/α,β-unsaturated/α-hetero) is 1. The molecular formula is C23H27ClN2O4. The lowest BCUT2D eigenvalue weighted by atomic mass is 10.1. The normalized spacial score (nSPS) is 16.9. The van der Waals surface area contributed by atoms with Crippen molar-refractivity contribution in [3.63, 3.8) is 0 Å². The number of benzene rings is 2. The average Bonchev–Trinajstić information content (AvgIpc) is 3.40. The van der Waals surface area contributed by atoms with Crippen molar-refractivity contribution in [2.75, 3.05) is 13.2 Å². The van der Waals surface area contributed by atoms with Crippen LogP contribution in [0.3, 0.4) is 0 Å². The van der Waals surface area contributed by atoms with Gasteiger partial charge in [-0.15, -0.1) is 12.4 Å². The third kappa shape index (κ3) is 4.83. The lowest BCUT2D eigenvalue weighted by Gasteiger charge is -2.18. The number of nitrogens with zero attached hydrogens (tertiary/aromatic N) is 2. The predicted octanol–water partition coefficient (Wildman–Crippen LogP) is 4.34. The monoisotopic (exact) mass is 430 g/mol. The fraction of sp³-hybridized carbons (Fsp3) is 0.391. The number of aromatic nitrogens is 2. The first kappa shape index (κ1) is 22.3. The Hall–Kier alpha value is -2.41. The fourth-order valence-corrected chi connectivity index (χ4v) is 3.71. The number of ether oxygens (including phenoxy) is 2. The molecular weight excluding hydrogens is 404 g/mol. The molecule has 4 rings (SSSR count). The summed E-state index contributed by atoms with van der Waals surface area (Å²) in [4.78, 5) is 16.5. The summed E-state index contributed by atoms with van der Waals surface area (Å²) in [6.07, 6.45) is 1.71. The van der Waals surface area contributed by atoms with Crippen LogP contribution in [0, 0.1) is 0 Å². The van der Waals surface area contributed by atoms with E-state index >= 15 is 0 Å². The summed E-state index contributed by atoms with van der Waals surface area (Å²) in [6.45, 7) is 3.12. The van der Waals surface area contributed by atoms with Gasteiger partial charge < -0.3 is 19.1 Å². The van der Waals surface area contributed by atoms with Crippen molar-refractivity contribution in [3.05, 3.63) is 59.9 Å². The number of aliphatic hydroxyl groups is 1. The number of fused-ring (bicyclic) bond motifs is 1. The van der Waals surface area contributed by atoms with Crippen LogP contribution in [0.5, 0.6) is 5.75 Å². The molecule has 1 aromatic heterocycles. The standard InChI is InChI=1S/C23H26N2O4.ClH/c1-2-21(27)16-9-11-18(12-10-16)29-15-17(26)14-25-20-7-4-3-6-19(20)24-23(25)22-8-5-13-28-22;/h3-4,6-7,9-12,17,22,26H,2,5,8,13-15H2,1H3;1H. The number of halogens is 1. The van der Waals surface area contributed by atoms with Crippen LogP contribution in [-0.2, 0) is 11.3 Å². The Kier molecular flexibility index (Phi) is 7.48. The second-order valence-corrected chi connectivity index (χ2v) is 7.34. The smallest absolute Gasteiger partial charge is 0.162 e. The maximum absolute atomic E-state index is 11.7. The van der Waals surface area contributed by atoms with Gasteiger partial charge >= 0.3 is 0 Å². The van der Waals surface area contributed by atoms with E-state index in [4.69, 9.17) is 14.5 Å². The summed E-state index contributed by atoms with van der Waals surface area (Å²) in [7, 11) is 0. The average molecular weight is 431 g/mol. The fourth-order valence-electron chi connectivity index (χ4n) is 3.71. The van der Waals surface area contributed by atoms with Gasteiger partial charge in [-0.3, -0.25) is 4.79 Å². The van der Waals surface area contributed by atoms with E-state index in [1.165, 1.54) is 0 Å². The van der Waals surface area contributed by atoms with Gasteiger partial charge in [0.15, 0.2) is 5.78 Å². The van der Waals surface area contributed by atoms with Gasteiger partial charge in [0.05, 0.1) is 17.6 Å². The number of rotatable bonds is 8. The Morgan fingerprint density at radius 2 is 2.03 bits per heavy atom. The largest absolute Gasteiger partial charge is 0.491 e. The zero-order valence-electron chi connectivity index (χ0n) is 17.0. The lowest BCUT2D eigenvalue weighted by molar-refractivity contribution is 0.0805. The van der Waals surface area contributed by atoms with Crippen LogP contribution in [0.2, 0.25) is 0 Å². The summed E-state index contributed by atoms with van der Waals surface area (Å²) in [5.41, 5.74) is 2.56. The Morgan fingerprint density at radius 3 is 2.73 bits per heavy atom. The van der Waals surface area contributed by atoms with E-state index in [-0.39, 0.29) is 30.9 Å². The van der Waals surface area contributed by atoms with Crippen molar-refractivity contribution < 1.29 is 19.4 Å². The van der Waals surface area contributed by atoms with Gasteiger partial charge in [0.1, 0.15) is 30.4 Å². The van der Waals surface area contributed by atoms with Crippen molar-refractivity contribution in [1.29, 1.82) is 0 Å². The molecule has 7 heteroatoms. The third-order valence-electron chi connectivity index (χ3n) is 5.23. The molecule has 6 nitrogen and oxygen atoms in total. The van der Waals surface area contributed by atoms with E-state index in [1.807, 2.05) is 35.8 Å². The molecule has 0 spiro atoms. The van der Waals surface area contributed by atoms with Gasteiger partial charge in [-0.1, -0.05) is 19.1 Å². The molecule has 1 aliphatic rings. The topological polar surface area (TPSA) is 73.6 Å². The number of imidazole rings is 1. The number of para-hydroxylation sites is 2. The van der Waals surface area contributed by atoms with Gasteiger partial charge in [-0.05, 0) is 49.2 Å².